The van der Waals surface area contributed by atoms with E-state index < -0.39 is 5.91 Å². The zero-order chi connectivity index (χ0) is 23.2. The molecule has 3 N–H and O–H groups in total. The Bertz CT molecular complexity index is 1320. The van der Waals surface area contributed by atoms with Crippen LogP contribution in [0, 0.1) is 0 Å². The van der Waals surface area contributed by atoms with Gasteiger partial charge in [0, 0.05) is 26.2 Å². The van der Waals surface area contributed by atoms with Crippen molar-refractivity contribution in [1.82, 2.24) is 15.6 Å². The van der Waals surface area contributed by atoms with Crippen LogP contribution in [0.3, 0.4) is 0 Å². The molecule has 3 aromatic carbocycles. The minimum Gasteiger partial charge on any atom is -0.507 e. The number of phenolic OH excluding ortho intramolecular Hbond substituents is 1. The Balaban J connectivity index is 1.46. The first-order valence-electron chi connectivity index (χ1n) is 9.84. The molecule has 4 rings (SSSR count). The van der Waals surface area contributed by atoms with Gasteiger partial charge in [-0.2, -0.15) is 10.2 Å². The van der Waals surface area contributed by atoms with E-state index in [9.17, 15) is 9.90 Å². The highest BCUT2D eigenvalue weighted by Gasteiger charge is 2.14. The molecule has 0 atom stereocenters. The summed E-state index contributed by atoms with van der Waals surface area (Å²) in [4.78, 5) is 12.5. The molecule has 0 saturated carbocycles. The number of hydrogen-bond donors (Lipinski definition) is 3. The Morgan fingerprint density at radius 3 is 2.79 bits per heavy atom. The van der Waals surface area contributed by atoms with E-state index in [1.165, 1.54) is 12.3 Å². The summed E-state index contributed by atoms with van der Waals surface area (Å²) in [7, 11) is 0. The molecule has 0 aliphatic carbocycles. The van der Waals surface area contributed by atoms with Crippen LogP contribution in [0.5, 0.6) is 11.5 Å². The van der Waals surface area contributed by atoms with E-state index in [-0.39, 0.29) is 11.4 Å². The van der Waals surface area contributed by atoms with Crippen molar-refractivity contribution >= 4 is 39.7 Å². The third-order valence-electron chi connectivity index (χ3n) is 4.69. The van der Waals surface area contributed by atoms with Crippen LogP contribution in [0.4, 0.5) is 0 Å². The van der Waals surface area contributed by atoms with Crippen molar-refractivity contribution in [2.45, 2.75) is 6.61 Å². The zero-order valence-corrected chi connectivity index (χ0v) is 19.5. The number of hydrogen-bond acceptors (Lipinski definition) is 5. The largest absolute Gasteiger partial charge is 0.507 e. The number of halogens is 2. The van der Waals surface area contributed by atoms with Gasteiger partial charge in [-0.15, -0.1) is 0 Å². The van der Waals surface area contributed by atoms with Crippen LogP contribution < -0.4 is 10.2 Å². The molecule has 0 saturated heterocycles. The summed E-state index contributed by atoms with van der Waals surface area (Å²) in [6.45, 7) is 0.297. The van der Waals surface area contributed by atoms with E-state index in [0.717, 1.165) is 15.6 Å². The number of carbonyl (C=O) groups is 1. The lowest BCUT2D eigenvalue weighted by Crippen LogP contribution is -2.18. The van der Waals surface area contributed by atoms with Crippen molar-refractivity contribution in [1.29, 1.82) is 0 Å². The summed E-state index contributed by atoms with van der Waals surface area (Å²) in [5, 5.41) is 21.3. The van der Waals surface area contributed by atoms with Gasteiger partial charge in [0.15, 0.2) is 0 Å². The Kier molecular flexibility index (Phi) is 7.07. The molecule has 0 fully saturated rings. The topological polar surface area (TPSA) is 99.6 Å². The fraction of sp³-hybridized carbons (Fsp3) is 0.0417. The summed E-state index contributed by atoms with van der Waals surface area (Å²) in [5.74, 6) is 0.182. The van der Waals surface area contributed by atoms with Gasteiger partial charge in [0.2, 0.25) is 0 Å². The van der Waals surface area contributed by atoms with Crippen molar-refractivity contribution < 1.29 is 14.6 Å². The predicted octanol–water partition coefficient (Wildman–Crippen LogP) is 5.54. The number of nitrogens with zero attached hydrogens (tertiary/aromatic N) is 2. The third-order valence-corrected chi connectivity index (χ3v) is 5.55. The number of amides is 1. The van der Waals surface area contributed by atoms with E-state index in [2.05, 4.69) is 36.7 Å². The molecule has 1 amide bonds. The highest BCUT2D eigenvalue weighted by atomic mass is 79.9. The van der Waals surface area contributed by atoms with Crippen molar-refractivity contribution in [3.05, 3.63) is 99.1 Å². The average molecular weight is 526 g/mol. The molecule has 166 valence electrons. The number of aromatic hydroxyl groups is 1. The van der Waals surface area contributed by atoms with Gasteiger partial charge in [-0.05, 0) is 42.5 Å². The molecule has 4 aromatic rings. The molecule has 0 aliphatic rings. The molecule has 1 aromatic heterocycles. The lowest BCUT2D eigenvalue weighted by Gasteiger charge is -2.11. The number of ether oxygens (including phenoxy) is 1. The van der Waals surface area contributed by atoms with Crippen LogP contribution in [-0.4, -0.2) is 27.4 Å². The van der Waals surface area contributed by atoms with Gasteiger partial charge in [0.1, 0.15) is 23.8 Å². The molecule has 1 heterocycles. The Morgan fingerprint density at radius 1 is 1.15 bits per heavy atom. The number of nitrogens with one attached hydrogen (secondary N) is 2. The maximum atomic E-state index is 12.5. The molecule has 0 spiro atoms. The van der Waals surface area contributed by atoms with Crippen LogP contribution >= 0.6 is 27.5 Å². The standard InChI is InChI=1S/C24H18BrClN4O3/c25-17-9-10-22(31)16(11-17)13-27-30-24(32)21-12-20(28-29-21)18-6-2-4-8-23(18)33-14-15-5-1-3-7-19(15)26/h1-13,31H,14H2,(H,28,29)(H,30,32)/b27-13-. The van der Waals surface area contributed by atoms with Crippen molar-refractivity contribution in [3.8, 4) is 22.8 Å². The van der Waals surface area contributed by atoms with E-state index in [1.54, 1.807) is 18.2 Å². The van der Waals surface area contributed by atoms with E-state index in [0.29, 0.717) is 28.6 Å². The number of phenols is 1. The number of hydrazone groups is 1. The van der Waals surface area contributed by atoms with Crippen molar-refractivity contribution in [2.24, 2.45) is 5.10 Å². The molecule has 0 bridgehead atoms. The first kappa shape index (κ1) is 22.6. The van der Waals surface area contributed by atoms with Crippen LogP contribution in [0.2, 0.25) is 5.02 Å². The van der Waals surface area contributed by atoms with Crippen LogP contribution in [0.15, 0.2) is 82.4 Å². The number of aromatic nitrogens is 2. The molecule has 0 aliphatic heterocycles. The minimum atomic E-state index is -0.478. The van der Waals surface area contributed by atoms with E-state index in [4.69, 9.17) is 16.3 Å². The van der Waals surface area contributed by atoms with Gasteiger partial charge in [-0.3, -0.25) is 9.89 Å². The van der Waals surface area contributed by atoms with Gasteiger partial charge in [0.05, 0.1) is 11.9 Å². The van der Waals surface area contributed by atoms with Gasteiger partial charge in [-0.1, -0.05) is 57.9 Å². The van der Waals surface area contributed by atoms with Gasteiger partial charge >= 0.3 is 0 Å². The van der Waals surface area contributed by atoms with Gasteiger partial charge in [-0.25, -0.2) is 5.43 Å². The quantitative estimate of drug-likeness (QED) is 0.218. The van der Waals surface area contributed by atoms with Gasteiger partial charge in [0.25, 0.3) is 5.91 Å². The number of para-hydroxylation sites is 1. The van der Waals surface area contributed by atoms with Crippen molar-refractivity contribution in [3.63, 3.8) is 0 Å². The summed E-state index contributed by atoms with van der Waals surface area (Å²) in [5.41, 5.74) is 5.23. The van der Waals surface area contributed by atoms with Gasteiger partial charge < -0.3 is 9.84 Å². The molecule has 9 heteroatoms. The van der Waals surface area contributed by atoms with Crippen LogP contribution in [0.1, 0.15) is 21.6 Å². The second kappa shape index (κ2) is 10.3. The number of carbonyl (C=O) groups excluding carboxylic acids is 1. The highest BCUT2D eigenvalue weighted by Crippen LogP contribution is 2.30. The van der Waals surface area contributed by atoms with Crippen LogP contribution in [-0.2, 0) is 6.61 Å². The number of rotatable bonds is 7. The number of aromatic amines is 1. The number of benzene rings is 3. The molecular formula is C24H18BrClN4O3. The number of H-pyrrole nitrogens is 1. The molecule has 0 radical (unpaired) electrons. The summed E-state index contributed by atoms with van der Waals surface area (Å²) >= 11 is 9.54. The molecule has 0 unspecified atom stereocenters. The Labute approximate surface area is 203 Å². The first-order valence-corrected chi connectivity index (χ1v) is 11.0. The van der Waals surface area contributed by atoms with Crippen LogP contribution in [0.25, 0.3) is 11.3 Å². The fourth-order valence-electron chi connectivity index (χ4n) is 3.00. The molecule has 7 nitrogen and oxygen atoms in total. The lowest BCUT2D eigenvalue weighted by atomic mass is 10.1. The summed E-state index contributed by atoms with van der Waals surface area (Å²) in [6.07, 6.45) is 1.35. The smallest absolute Gasteiger partial charge is 0.289 e. The molecular weight excluding hydrogens is 508 g/mol. The maximum absolute atomic E-state index is 12.5. The third kappa shape index (κ3) is 5.60. The summed E-state index contributed by atoms with van der Waals surface area (Å²) in [6, 6.07) is 21.4. The SMILES string of the molecule is O=C(N/N=C\c1cc(Br)ccc1O)c1cc(-c2ccccc2OCc2ccccc2Cl)n[nH]1. The Hall–Kier alpha value is -3.62. The molecule has 33 heavy (non-hydrogen) atoms. The zero-order valence-electron chi connectivity index (χ0n) is 17.1. The second-order valence-electron chi connectivity index (χ2n) is 6.95. The van der Waals surface area contributed by atoms with E-state index >= 15 is 0 Å². The Morgan fingerprint density at radius 2 is 1.94 bits per heavy atom. The first-order chi connectivity index (χ1) is 16.0. The highest BCUT2D eigenvalue weighted by molar-refractivity contribution is 9.10. The van der Waals surface area contributed by atoms with Crippen molar-refractivity contribution in [2.75, 3.05) is 0 Å². The second-order valence-corrected chi connectivity index (χ2v) is 8.27. The summed E-state index contributed by atoms with van der Waals surface area (Å²) < 4.78 is 6.75. The fourth-order valence-corrected chi connectivity index (χ4v) is 3.57. The predicted molar refractivity (Wildman–Crippen MR) is 131 cm³/mol. The normalized spacial score (nSPS) is 11.0. The monoisotopic (exact) mass is 524 g/mol. The average Bonchev–Trinajstić information content (AvgIpc) is 3.31. The minimum absolute atomic E-state index is 0.0495. The lowest BCUT2D eigenvalue weighted by molar-refractivity contribution is 0.0950. The van der Waals surface area contributed by atoms with E-state index in [1.807, 2.05) is 48.5 Å². The maximum Gasteiger partial charge on any atom is 0.289 e.